The monoisotopic (exact) mass is 706 g/mol. The zero-order valence-corrected chi connectivity index (χ0v) is 31.5. The molecule has 0 saturated carbocycles. The molecule has 7 nitrogen and oxygen atoms in total. The molecule has 4 aromatic heterocycles. The Balaban J connectivity index is 1.03. The Kier molecular flexibility index (Phi) is 7.96. The number of pyridine rings is 3. The van der Waals surface area contributed by atoms with Gasteiger partial charge in [-0.25, -0.2) is 15.0 Å². The second-order valence-corrected chi connectivity index (χ2v) is 15.3. The van der Waals surface area contributed by atoms with Crippen LogP contribution in [0, 0.1) is 20.8 Å². The number of aromatic nitrogens is 4. The van der Waals surface area contributed by atoms with Crippen LogP contribution < -0.4 is 14.5 Å². The lowest BCUT2D eigenvalue weighted by molar-refractivity contribution is 0.483. The lowest BCUT2D eigenvalue weighted by Crippen LogP contribution is -2.24. The first-order chi connectivity index (χ1) is 26.1. The SMILES string of the molecule is Cc1cc(C)c(-c2ccc(N3CN(c4cccc(Oc5ccc6c7ccccc7n(-c7cc(C(C)(C)C)ccn7)c6c5)c4)c4cccnc43)nc2)c(C)c1. The van der Waals surface area contributed by atoms with Crippen molar-refractivity contribution in [1.82, 2.24) is 19.5 Å². The Labute approximate surface area is 316 Å². The number of anilines is 4. The number of hydrogen-bond donors (Lipinski definition) is 0. The van der Waals surface area contributed by atoms with Crippen molar-refractivity contribution >= 4 is 44.8 Å². The summed E-state index contributed by atoms with van der Waals surface area (Å²) in [7, 11) is 0. The first kappa shape index (κ1) is 33.4. The Hall–Kier alpha value is -6.47. The van der Waals surface area contributed by atoms with E-state index in [0.29, 0.717) is 6.67 Å². The number of rotatable bonds is 6. The van der Waals surface area contributed by atoms with E-state index in [2.05, 4.69) is 153 Å². The molecule has 0 spiro atoms. The Morgan fingerprint density at radius 3 is 2.20 bits per heavy atom. The van der Waals surface area contributed by atoms with E-state index in [4.69, 9.17) is 19.7 Å². The van der Waals surface area contributed by atoms with E-state index in [1.165, 1.54) is 33.2 Å². The summed E-state index contributed by atoms with van der Waals surface area (Å²) in [6.07, 6.45) is 5.73. The summed E-state index contributed by atoms with van der Waals surface area (Å²) in [6, 6.07) is 40.2. The summed E-state index contributed by atoms with van der Waals surface area (Å²) in [6.45, 7) is 13.7. The van der Waals surface area contributed by atoms with Gasteiger partial charge in [0.15, 0.2) is 5.82 Å². The van der Waals surface area contributed by atoms with Gasteiger partial charge < -0.3 is 9.64 Å². The molecule has 1 aliphatic rings. The second kappa shape index (κ2) is 12.9. The predicted octanol–water partition coefficient (Wildman–Crippen LogP) is 11.9. The van der Waals surface area contributed by atoms with Gasteiger partial charge in [-0.2, -0.15) is 0 Å². The van der Waals surface area contributed by atoms with E-state index in [9.17, 15) is 0 Å². The molecule has 0 aliphatic carbocycles. The molecule has 9 rings (SSSR count). The van der Waals surface area contributed by atoms with E-state index in [1.807, 2.05) is 36.8 Å². The van der Waals surface area contributed by atoms with E-state index in [0.717, 1.165) is 62.3 Å². The van der Waals surface area contributed by atoms with Crippen LogP contribution in [0.4, 0.5) is 23.0 Å². The quantitative estimate of drug-likeness (QED) is 0.172. The highest BCUT2D eigenvalue weighted by molar-refractivity contribution is 6.09. The number of para-hydroxylation sites is 1. The second-order valence-electron chi connectivity index (χ2n) is 15.3. The molecule has 0 N–H and O–H groups in total. The normalized spacial score (nSPS) is 12.9. The first-order valence-corrected chi connectivity index (χ1v) is 18.4. The number of ether oxygens (including phenoxy) is 1. The van der Waals surface area contributed by atoms with Crippen molar-refractivity contribution in [3.8, 4) is 28.4 Å². The van der Waals surface area contributed by atoms with Gasteiger partial charge in [-0.3, -0.25) is 9.47 Å². The maximum atomic E-state index is 6.63. The van der Waals surface area contributed by atoms with Gasteiger partial charge in [0, 0.05) is 52.7 Å². The summed E-state index contributed by atoms with van der Waals surface area (Å²) in [5.74, 6) is 4.11. The van der Waals surface area contributed by atoms with Gasteiger partial charge in [0.2, 0.25) is 0 Å². The van der Waals surface area contributed by atoms with Crippen molar-refractivity contribution in [3.63, 3.8) is 0 Å². The van der Waals surface area contributed by atoms with Crippen molar-refractivity contribution in [2.45, 2.75) is 47.0 Å². The average Bonchev–Trinajstić information content (AvgIpc) is 3.71. The van der Waals surface area contributed by atoms with Crippen molar-refractivity contribution in [3.05, 3.63) is 156 Å². The molecule has 8 aromatic rings. The highest BCUT2D eigenvalue weighted by Crippen LogP contribution is 2.44. The molecule has 54 heavy (non-hydrogen) atoms. The van der Waals surface area contributed by atoms with Gasteiger partial charge >= 0.3 is 0 Å². The van der Waals surface area contributed by atoms with Crippen LogP contribution in [0.25, 0.3) is 38.8 Å². The molecule has 0 unspecified atom stereocenters. The predicted molar refractivity (Wildman–Crippen MR) is 221 cm³/mol. The number of hydrogen-bond acceptors (Lipinski definition) is 6. The molecular weight excluding hydrogens is 665 g/mol. The number of benzene rings is 4. The minimum atomic E-state index is -0.0000831. The largest absolute Gasteiger partial charge is 0.457 e. The maximum Gasteiger partial charge on any atom is 0.159 e. The number of fused-ring (bicyclic) bond motifs is 4. The van der Waals surface area contributed by atoms with E-state index in [-0.39, 0.29) is 5.41 Å². The van der Waals surface area contributed by atoms with Gasteiger partial charge in [-0.05, 0) is 115 Å². The first-order valence-electron chi connectivity index (χ1n) is 18.4. The summed E-state index contributed by atoms with van der Waals surface area (Å²) < 4.78 is 8.88. The minimum absolute atomic E-state index is 0.0000831. The molecule has 1 aliphatic heterocycles. The fourth-order valence-electron chi connectivity index (χ4n) is 7.94. The highest BCUT2D eigenvalue weighted by Gasteiger charge is 2.30. The molecule has 5 heterocycles. The van der Waals surface area contributed by atoms with Crippen LogP contribution in [0.3, 0.4) is 0 Å². The molecule has 4 aromatic carbocycles. The maximum absolute atomic E-state index is 6.63. The van der Waals surface area contributed by atoms with Gasteiger partial charge in [0.1, 0.15) is 29.8 Å². The van der Waals surface area contributed by atoms with Crippen LogP contribution in [-0.2, 0) is 5.41 Å². The van der Waals surface area contributed by atoms with Crippen molar-refractivity contribution in [2.24, 2.45) is 0 Å². The van der Waals surface area contributed by atoms with Gasteiger partial charge in [0.25, 0.3) is 0 Å². The summed E-state index contributed by atoms with van der Waals surface area (Å²) >= 11 is 0. The molecule has 0 atom stereocenters. The summed E-state index contributed by atoms with van der Waals surface area (Å²) in [5, 5.41) is 2.33. The third kappa shape index (κ3) is 5.82. The molecule has 266 valence electrons. The lowest BCUT2D eigenvalue weighted by Gasteiger charge is -2.22. The number of aryl methyl sites for hydroxylation is 3. The van der Waals surface area contributed by atoms with Crippen molar-refractivity contribution < 1.29 is 4.74 Å². The van der Waals surface area contributed by atoms with Gasteiger partial charge in [0.05, 0.1) is 16.7 Å². The molecule has 0 radical (unpaired) electrons. The van der Waals surface area contributed by atoms with Crippen LogP contribution in [-0.4, -0.2) is 26.2 Å². The third-order valence-electron chi connectivity index (χ3n) is 10.4. The van der Waals surface area contributed by atoms with Crippen LogP contribution >= 0.6 is 0 Å². The van der Waals surface area contributed by atoms with Crippen molar-refractivity contribution in [1.29, 1.82) is 0 Å². The molecule has 0 amide bonds. The Morgan fingerprint density at radius 2 is 1.41 bits per heavy atom. The van der Waals surface area contributed by atoms with Crippen LogP contribution in [0.1, 0.15) is 43.0 Å². The molecule has 7 heteroatoms. The fraction of sp³-hybridized carbons (Fsp3) is 0.170. The zero-order valence-electron chi connectivity index (χ0n) is 31.5. The summed E-state index contributed by atoms with van der Waals surface area (Å²) in [5.41, 5.74) is 11.6. The molecule has 0 saturated heterocycles. The molecule has 0 fully saturated rings. The number of nitrogens with zero attached hydrogens (tertiary/aromatic N) is 6. The fourth-order valence-corrected chi connectivity index (χ4v) is 7.94. The van der Waals surface area contributed by atoms with Gasteiger partial charge in [-0.15, -0.1) is 0 Å². The Morgan fingerprint density at radius 1 is 0.611 bits per heavy atom. The van der Waals surface area contributed by atoms with E-state index in [1.54, 1.807) is 0 Å². The standard InChI is InChI=1S/C47H42N6O/c1-30-23-31(2)45(32(3)24-30)33-16-19-43(50-28-33)52-29-51(41-15-10-21-49-46(41)52)35-11-9-12-36(26-35)54-37-17-18-39-38-13-7-8-14-40(38)53(42(39)27-37)44-25-34(20-22-48-44)47(4,5)6/h7-28H,29H2,1-6H3. The molecular formula is C47H42N6O. The Bertz CT molecular complexity index is 2680. The zero-order chi connectivity index (χ0) is 37.1. The lowest BCUT2D eigenvalue weighted by atomic mass is 9.88. The molecule has 0 bridgehead atoms. The van der Waals surface area contributed by atoms with E-state index >= 15 is 0 Å². The third-order valence-corrected chi connectivity index (χ3v) is 10.4. The van der Waals surface area contributed by atoms with Crippen LogP contribution in [0.15, 0.2) is 134 Å². The topological polar surface area (TPSA) is 59.3 Å². The van der Waals surface area contributed by atoms with Crippen molar-refractivity contribution in [2.75, 3.05) is 16.5 Å². The smallest absolute Gasteiger partial charge is 0.159 e. The van der Waals surface area contributed by atoms with Gasteiger partial charge in [-0.1, -0.05) is 62.7 Å². The highest BCUT2D eigenvalue weighted by atomic mass is 16.5. The van der Waals surface area contributed by atoms with E-state index < -0.39 is 0 Å². The van der Waals surface area contributed by atoms with Crippen LogP contribution in [0.5, 0.6) is 11.5 Å². The summed E-state index contributed by atoms with van der Waals surface area (Å²) in [4.78, 5) is 19.0. The van der Waals surface area contributed by atoms with Crippen LogP contribution in [0.2, 0.25) is 0 Å². The minimum Gasteiger partial charge on any atom is -0.457 e. The average molecular weight is 707 g/mol.